The maximum absolute atomic E-state index is 12.9. The summed E-state index contributed by atoms with van der Waals surface area (Å²) >= 11 is 0. The minimum absolute atomic E-state index is 0.0483. The van der Waals surface area contributed by atoms with E-state index < -0.39 is 0 Å². The normalized spacial score (nSPS) is 13.3. The third kappa shape index (κ3) is 4.58. The van der Waals surface area contributed by atoms with Gasteiger partial charge in [-0.3, -0.25) is 4.79 Å². The van der Waals surface area contributed by atoms with Crippen LogP contribution in [0.25, 0.3) is 5.69 Å². The van der Waals surface area contributed by atoms with Gasteiger partial charge in [-0.15, -0.1) is 0 Å². The van der Waals surface area contributed by atoms with Crippen LogP contribution in [-0.2, 0) is 11.3 Å². The van der Waals surface area contributed by atoms with Gasteiger partial charge >= 0.3 is 0 Å². The number of carbonyl (C=O) groups excluding carboxylic acids is 1. The van der Waals surface area contributed by atoms with Gasteiger partial charge in [0.05, 0.1) is 30.6 Å². The summed E-state index contributed by atoms with van der Waals surface area (Å²) in [5.74, 6) is 2.12. The minimum atomic E-state index is -0.0483. The van der Waals surface area contributed by atoms with E-state index in [4.69, 9.17) is 14.6 Å². The van der Waals surface area contributed by atoms with Crippen molar-refractivity contribution in [3.05, 3.63) is 65.9 Å². The van der Waals surface area contributed by atoms with Crippen molar-refractivity contribution >= 4 is 5.91 Å². The lowest BCUT2D eigenvalue weighted by molar-refractivity contribution is -0.135. The first-order chi connectivity index (χ1) is 15.0. The summed E-state index contributed by atoms with van der Waals surface area (Å²) in [4.78, 5) is 14.9. The maximum atomic E-state index is 12.9. The molecule has 0 unspecified atom stereocenters. The van der Waals surface area contributed by atoms with Crippen LogP contribution < -0.4 is 9.47 Å². The molecule has 162 valence electrons. The first kappa shape index (κ1) is 21.0. The number of nitrogens with zero attached hydrogens (tertiary/aromatic N) is 3. The maximum Gasteiger partial charge on any atom is 0.227 e. The Morgan fingerprint density at radius 1 is 1.13 bits per heavy atom. The molecule has 1 aromatic heterocycles. The Hall–Kier alpha value is -3.28. The van der Waals surface area contributed by atoms with Crippen LogP contribution >= 0.6 is 0 Å². The van der Waals surface area contributed by atoms with E-state index in [-0.39, 0.29) is 11.8 Å². The fourth-order valence-electron chi connectivity index (χ4n) is 3.62. The number of hydrogen-bond acceptors (Lipinski definition) is 4. The van der Waals surface area contributed by atoms with Crippen molar-refractivity contribution in [3.8, 4) is 23.1 Å². The molecule has 4 rings (SSSR count). The van der Waals surface area contributed by atoms with Gasteiger partial charge in [-0.1, -0.05) is 38.1 Å². The van der Waals surface area contributed by atoms with Gasteiger partial charge in [0.25, 0.3) is 0 Å². The fraction of sp³-hybridized carbons (Fsp3) is 0.360. The monoisotopic (exact) mass is 419 g/mol. The molecule has 0 bridgehead atoms. The second-order valence-electron chi connectivity index (χ2n) is 8.25. The van der Waals surface area contributed by atoms with Gasteiger partial charge in [-0.2, -0.15) is 5.10 Å². The molecule has 0 N–H and O–H groups in total. The van der Waals surface area contributed by atoms with Crippen molar-refractivity contribution in [2.24, 2.45) is 5.92 Å². The highest BCUT2D eigenvalue weighted by atomic mass is 16.5. The molecule has 1 aliphatic rings. The summed E-state index contributed by atoms with van der Waals surface area (Å²) in [6.07, 6.45) is 2.10. The fourth-order valence-corrected chi connectivity index (χ4v) is 3.62. The topological polar surface area (TPSA) is 56.6 Å². The second-order valence-corrected chi connectivity index (χ2v) is 8.25. The molecule has 1 amide bonds. The third-order valence-corrected chi connectivity index (χ3v) is 5.49. The predicted octanol–water partition coefficient (Wildman–Crippen LogP) is 5.13. The number of benzene rings is 2. The second kappa shape index (κ2) is 8.84. The van der Waals surface area contributed by atoms with Crippen LogP contribution in [0.2, 0.25) is 0 Å². The van der Waals surface area contributed by atoms with Crippen molar-refractivity contribution < 1.29 is 14.3 Å². The number of rotatable bonds is 8. The van der Waals surface area contributed by atoms with Crippen LogP contribution in [0, 0.1) is 12.8 Å². The van der Waals surface area contributed by atoms with Crippen molar-refractivity contribution in [1.82, 2.24) is 14.7 Å². The van der Waals surface area contributed by atoms with Gasteiger partial charge in [0, 0.05) is 18.0 Å². The lowest BCUT2D eigenvalue weighted by atomic mass is 10.1. The molecule has 0 spiro atoms. The number of amides is 1. The van der Waals surface area contributed by atoms with Gasteiger partial charge in [-0.05, 0) is 44.0 Å². The summed E-state index contributed by atoms with van der Waals surface area (Å²) in [6, 6.07) is 17.7. The zero-order chi connectivity index (χ0) is 22.0. The molecule has 0 aliphatic heterocycles. The SMILES string of the molecule is COc1cccc(Oc2c(CN(C(=O)C(C)C)C3CC3)c(C)nn2-c2ccccc2)c1. The van der Waals surface area contributed by atoms with Crippen LogP contribution in [-0.4, -0.2) is 33.7 Å². The van der Waals surface area contributed by atoms with Gasteiger partial charge in [0.2, 0.25) is 11.8 Å². The Balaban J connectivity index is 1.76. The van der Waals surface area contributed by atoms with Crippen LogP contribution in [0.15, 0.2) is 54.6 Å². The molecule has 0 radical (unpaired) electrons. The predicted molar refractivity (Wildman–Crippen MR) is 120 cm³/mol. The first-order valence-electron chi connectivity index (χ1n) is 10.7. The van der Waals surface area contributed by atoms with E-state index in [1.807, 2.05) is 85.0 Å². The van der Waals surface area contributed by atoms with Crippen LogP contribution in [0.3, 0.4) is 0 Å². The molecular formula is C25H29N3O3. The van der Waals surface area contributed by atoms with E-state index in [0.29, 0.717) is 24.2 Å². The van der Waals surface area contributed by atoms with E-state index in [1.165, 1.54) is 0 Å². The van der Waals surface area contributed by atoms with E-state index in [9.17, 15) is 4.79 Å². The molecule has 31 heavy (non-hydrogen) atoms. The summed E-state index contributed by atoms with van der Waals surface area (Å²) in [7, 11) is 1.63. The number of ether oxygens (including phenoxy) is 2. The average molecular weight is 420 g/mol. The highest BCUT2D eigenvalue weighted by Gasteiger charge is 2.35. The van der Waals surface area contributed by atoms with Crippen LogP contribution in [0.5, 0.6) is 17.4 Å². The van der Waals surface area contributed by atoms with Crippen LogP contribution in [0.4, 0.5) is 0 Å². The van der Waals surface area contributed by atoms with Crippen molar-refractivity contribution in [2.45, 2.75) is 46.2 Å². The van der Waals surface area contributed by atoms with E-state index >= 15 is 0 Å². The number of methoxy groups -OCH3 is 1. The average Bonchev–Trinajstić information content (AvgIpc) is 3.58. The third-order valence-electron chi connectivity index (χ3n) is 5.49. The Morgan fingerprint density at radius 3 is 2.48 bits per heavy atom. The molecule has 1 heterocycles. The first-order valence-corrected chi connectivity index (χ1v) is 10.7. The molecular weight excluding hydrogens is 390 g/mol. The molecule has 0 atom stereocenters. The van der Waals surface area contributed by atoms with Gasteiger partial charge in [-0.25, -0.2) is 4.68 Å². The van der Waals surface area contributed by atoms with E-state index in [0.717, 1.165) is 35.5 Å². The molecule has 1 aliphatic carbocycles. The smallest absolute Gasteiger partial charge is 0.227 e. The lowest BCUT2D eigenvalue weighted by Crippen LogP contribution is -2.35. The van der Waals surface area contributed by atoms with Crippen molar-refractivity contribution in [1.29, 1.82) is 0 Å². The Kier molecular flexibility index (Phi) is 5.98. The number of carbonyl (C=O) groups is 1. The minimum Gasteiger partial charge on any atom is -0.497 e. The van der Waals surface area contributed by atoms with E-state index in [2.05, 4.69) is 0 Å². The number of aryl methyl sites for hydroxylation is 1. The number of aromatic nitrogens is 2. The molecule has 1 fully saturated rings. The molecule has 2 aromatic carbocycles. The summed E-state index contributed by atoms with van der Waals surface area (Å²) in [5, 5.41) is 4.78. The molecule has 0 saturated heterocycles. The van der Waals surface area contributed by atoms with Crippen molar-refractivity contribution in [2.75, 3.05) is 7.11 Å². The zero-order valence-corrected chi connectivity index (χ0v) is 18.5. The Labute approximate surface area is 183 Å². The number of para-hydroxylation sites is 1. The molecule has 6 heteroatoms. The largest absolute Gasteiger partial charge is 0.497 e. The summed E-state index contributed by atoms with van der Waals surface area (Å²) in [6.45, 7) is 6.36. The zero-order valence-electron chi connectivity index (χ0n) is 18.5. The number of hydrogen-bond donors (Lipinski definition) is 0. The molecule has 6 nitrogen and oxygen atoms in total. The standard InChI is InChI=1S/C25H29N3O3/c1-17(2)24(29)27(19-13-14-19)16-23-18(3)26-28(20-9-6-5-7-10-20)25(23)31-22-12-8-11-21(15-22)30-4/h5-12,15,17,19H,13-14,16H2,1-4H3. The Morgan fingerprint density at radius 2 is 1.84 bits per heavy atom. The van der Waals surface area contributed by atoms with Crippen molar-refractivity contribution in [3.63, 3.8) is 0 Å². The molecule has 1 saturated carbocycles. The van der Waals surface area contributed by atoms with Crippen LogP contribution in [0.1, 0.15) is 37.9 Å². The van der Waals surface area contributed by atoms with E-state index in [1.54, 1.807) is 7.11 Å². The van der Waals surface area contributed by atoms with Gasteiger partial charge < -0.3 is 14.4 Å². The quantitative estimate of drug-likeness (QED) is 0.508. The van der Waals surface area contributed by atoms with Gasteiger partial charge in [0.1, 0.15) is 11.5 Å². The lowest BCUT2D eigenvalue weighted by Gasteiger charge is -2.25. The van der Waals surface area contributed by atoms with Gasteiger partial charge in [0.15, 0.2) is 0 Å². The molecule has 3 aromatic rings. The highest BCUT2D eigenvalue weighted by molar-refractivity contribution is 5.79. The summed E-state index contributed by atoms with van der Waals surface area (Å²) < 4.78 is 13.5. The highest BCUT2D eigenvalue weighted by Crippen LogP contribution is 2.36. The Bertz CT molecular complexity index is 1060. The summed E-state index contributed by atoms with van der Waals surface area (Å²) in [5.41, 5.74) is 2.68.